The van der Waals surface area contributed by atoms with E-state index in [4.69, 9.17) is 18.9 Å². The van der Waals surface area contributed by atoms with Gasteiger partial charge in [0.15, 0.2) is 11.5 Å². The third kappa shape index (κ3) is 4.23. The first kappa shape index (κ1) is 18.2. The lowest BCUT2D eigenvalue weighted by atomic mass is 9.98. The van der Waals surface area contributed by atoms with Gasteiger partial charge in [-0.15, -0.1) is 0 Å². The number of carbonyl (C=O) groups is 1. The number of rotatable bonds is 6. The second-order valence-electron chi connectivity index (χ2n) is 5.73. The fraction of sp³-hybridized carbons (Fsp3) is 0.588. The number of carbonyl (C=O) groups excluding carboxylic acids is 1. The minimum Gasteiger partial charge on any atom is -0.493 e. The highest BCUT2D eigenvalue weighted by Crippen LogP contribution is 2.40. The van der Waals surface area contributed by atoms with Gasteiger partial charge in [0.25, 0.3) is 0 Å². The molecule has 0 saturated carbocycles. The number of amides is 2. The number of nitrogens with zero attached hydrogens (tertiary/aromatic N) is 1. The van der Waals surface area contributed by atoms with E-state index in [0.29, 0.717) is 28.9 Å². The molecule has 1 saturated heterocycles. The highest BCUT2D eigenvalue weighted by molar-refractivity contribution is 5.90. The summed E-state index contributed by atoms with van der Waals surface area (Å²) >= 11 is 0. The Hall–Kier alpha value is -2.15. The van der Waals surface area contributed by atoms with Crippen LogP contribution in [0.25, 0.3) is 0 Å². The second-order valence-corrected chi connectivity index (χ2v) is 5.73. The molecule has 0 atom stereocenters. The number of hydrogen-bond acceptors (Lipinski definition) is 5. The molecule has 7 nitrogen and oxygen atoms in total. The average Bonchev–Trinajstić information content (AvgIpc) is 2.61. The van der Waals surface area contributed by atoms with Gasteiger partial charge < -0.3 is 29.2 Å². The molecule has 0 aromatic heterocycles. The summed E-state index contributed by atoms with van der Waals surface area (Å²) in [5, 5.41) is 2.90. The molecule has 134 valence electrons. The quantitative estimate of drug-likeness (QED) is 0.863. The van der Waals surface area contributed by atoms with Crippen molar-refractivity contribution in [3.63, 3.8) is 0 Å². The number of piperidine rings is 1. The Balaban J connectivity index is 2.04. The highest BCUT2D eigenvalue weighted by Gasteiger charge is 2.23. The van der Waals surface area contributed by atoms with Gasteiger partial charge in [-0.25, -0.2) is 4.79 Å². The second kappa shape index (κ2) is 8.63. The molecule has 1 fully saturated rings. The maximum atomic E-state index is 12.5. The number of ether oxygens (including phenoxy) is 4. The van der Waals surface area contributed by atoms with E-state index in [1.807, 2.05) is 4.90 Å². The fourth-order valence-corrected chi connectivity index (χ4v) is 2.89. The largest absolute Gasteiger partial charge is 0.493 e. The van der Waals surface area contributed by atoms with Crippen LogP contribution in [0.2, 0.25) is 0 Å². The van der Waals surface area contributed by atoms with Crippen LogP contribution >= 0.6 is 0 Å². The Morgan fingerprint density at radius 3 is 2.12 bits per heavy atom. The lowest BCUT2D eigenvalue weighted by Crippen LogP contribution is -2.41. The molecular weight excluding hydrogens is 312 g/mol. The molecule has 1 aliphatic rings. The summed E-state index contributed by atoms with van der Waals surface area (Å²) in [5.41, 5.74) is 0.605. The van der Waals surface area contributed by atoms with E-state index < -0.39 is 0 Å². The topological polar surface area (TPSA) is 69.3 Å². The number of nitrogens with one attached hydrogen (secondary N) is 1. The van der Waals surface area contributed by atoms with E-state index in [1.165, 1.54) is 0 Å². The van der Waals surface area contributed by atoms with Gasteiger partial charge in [0.05, 0.1) is 27.0 Å². The highest BCUT2D eigenvalue weighted by atomic mass is 16.5. The summed E-state index contributed by atoms with van der Waals surface area (Å²) in [5.74, 6) is 2.04. The van der Waals surface area contributed by atoms with Crippen LogP contribution in [0, 0.1) is 5.92 Å². The standard InChI is InChI=1S/C17H26N2O5/c1-21-11-12-5-7-19(8-6-12)17(20)18-13-9-14(22-2)16(24-4)15(10-13)23-3/h9-10,12H,5-8,11H2,1-4H3,(H,18,20). The van der Waals surface area contributed by atoms with Gasteiger partial charge >= 0.3 is 6.03 Å². The van der Waals surface area contributed by atoms with Gasteiger partial charge in [0.1, 0.15) is 0 Å². The molecule has 0 spiro atoms. The summed E-state index contributed by atoms with van der Waals surface area (Å²) in [6.07, 6.45) is 1.91. The number of urea groups is 1. The summed E-state index contributed by atoms with van der Waals surface area (Å²) in [4.78, 5) is 14.3. The number of methoxy groups -OCH3 is 4. The summed E-state index contributed by atoms with van der Waals surface area (Å²) in [7, 11) is 6.35. The van der Waals surface area contributed by atoms with Crippen molar-refractivity contribution in [1.29, 1.82) is 0 Å². The van der Waals surface area contributed by atoms with Crippen LogP contribution in [0.3, 0.4) is 0 Å². The summed E-state index contributed by atoms with van der Waals surface area (Å²) in [6, 6.07) is 3.31. The first-order valence-electron chi connectivity index (χ1n) is 7.97. The van der Waals surface area contributed by atoms with Crippen LogP contribution in [-0.2, 0) is 4.74 Å². The molecule has 0 aliphatic carbocycles. The molecule has 7 heteroatoms. The van der Waals surface area contributed by atoms with Crippen LogP contribution < -0.4 is 19.5 Å². The van der Waals surface area contributed by atoms with Crippen molar-refractivity contribution in [3.05, 3.63) is 12.1 Å². The van der Waals surface area contributed by atoms with E-state index in [1.54, 1.807) is 40.6 Å². The maximum absolute atomic E-state index is 12.5. The molecule has 24 heavy (non-hydrogen) atoms. The molecule has 0 bridgehead atoms. The molecular formula is C17H26N2O5. The molecule has 1 N–H and O–H groups in total. The average molecular weight is 338 g/mol. The van der Waals surface area contributed by atoms with Crippen LogP contribution in [0.15, 0.2) is 12.1 Å². The van der Waals surface area contributed by atoms with Crippen molar-refractivity contribution in [2.75, 3.05) is 53.5 Å². The van der Waals surface area contributed by atoms with Crippen LogP contribution in [0.4, 0.5) is 10.5 Å². The minimum atomic E-state index is -0.125. The third-order valence-electron chi connectivity index (χ3n) is 4.22. The Kier molecular flexibility index (Phi) is 6.54. The number of benzene rings is 1. The molecule has 1 heterocycles. The van der Waals surface area contributed by atoms with Crippen molar-refractivity contribution in [1.82, 2.24) is 4.90 Å². The zero-order valence-electron chi connectivity index (χ0n) is 14.8. The Bertz CT molecular complexity index is 531. The van der Waals surface area contributed by atoms with Gasteiger partial charge in [-0.05, 0) is 18.8 Å². The first-order chi connectivity index (χ1) is 11.6. The third-order valence-corrected chi connectivity index (χ3v) is 4.22. The lowest BCUT2D eigenvalue weighted by molar-refractivity contribution is 0.110. The van der Waals surface area contributed by atoms with Gasteiger partial charge in [0.2, 0.25) is 5.75 Å². The zero-order valence-corrected chi connectivity index (χ0v) is 14.8. The maximum Gasteiger partial charge on any atom is 0.321 e. The molecule has 1 aromatic rings. The van der Waals surface area contributed by atoms with E-state index in [-0.39, 0.29) is 6.03 Å². The predicted octanol–water partition coefficient (Wildman–Crippen LogP) is 2.60. The SMILES string of the molecule is COCC1CCN(C(=O)Nc2cc(OC)c(OC)c(OC)c2)CC1. The van der Waals surface area contributed by atoms with Crippen molar-refractivity contribution in [2.24, 2.45) is 5.92 Å². The zero-order chi connectivity index (χ0) is 17.5. The number of likely N-dealkylation sites (tertiary alicyclic amines) is 1. The van der Waals surface area contributed by atoms with Crippen LogP contribution in [-0.4, -0.2) is 59.1 Å². The van der Waals surface area contributed by atoms with Crippen molar-refractivity contribution in [2.45, 2.75) is 12.8 Å². The van der Waals surface area contributed by atoms with Gasteiger partial charge in [0, 0.05) is 38.9 Å². The monoisotopic (exact) mass is 338 g/mol. The van der Waals surface area contributed by atoms with Crippen molar-refractivity contribution >= 4 is 11.7 Å². The fourth-order valence-electron chi connectivity index (χ4n) is 2.89. The normalized spacial score (nSPS) is 15.1. The molecule has 2 rings (SSSR count). The molecule has 0 radical (unpaired) electrons. The van der Waals surface area contributed by atoms with Gasteiger partial charge in [-0.1, -0.05) is 0 Å². The first-order valence-corrected chi connectivity index (χ1v) is 7.97. The minimum absolute atomic E-state index is 0.125. The Morgan fingerprint density at radius 1 is 1.08 bits per heavy atom. The molecule has 1 aromatic carbocycles. The van der Waals surface area contributed by atoms with Crippen molar-refractivity contribution in [3.8, 4) is 17.2 Å². The van der Waals surface area contributed by atoms with Gasteiger partial charge in [-0.3, -0.25) is 0 Å². The number of anilines is 1. The van der Waals surface area contributed by atoms with E-state index in [9.17, 15) is 4.79 Å². The smallest absolute Gasteiger partial charge is 0.321 e. The molecule has 2 amide bonds. The van der Waals surface area contributed by atoms with Crippen LogP contribution in [0.5, 0.6) is 17.2 Å². The van der Waals surface area contributed by atoms with E-state index in [2.05, 4.69) is 5.32 Å². The lowest BCUT2D eigenvalue weighted by Gasteiger charge is -2.31. The number of hydrogen-bond donors (Lipinski definition) is 1. The molecule has 1 aliphatic heterocycles. The van der Waals surface area contributed by atoms with Crippen molar-refractivity contribution < 1.29 is 23.7 Å². The van der Waals surface area contributed by atoms with Crippen LogP contribution in [0.1, 0.15) is 12.8 Å². The van der Waals surface area contributed by atoms with Gasteiger partial charge in [-0.2, -0.15) is 0 Å². The van der Waals surface area contributed by atoms with E-state index in [0.717, 1.165) is 32.5 Å². The Labute approximate surface area is 142 Å². The van der Waals surface area contributed by atoms with E-state index >= 15 is 0 Å². The molecule has 0 unspecified atom stereocenters. The summed E-state index contributed by atoms with van der Waals surface area (Å²) in [6.45, 7) is 2.21. The predicted molar refractivity (Wildman–Crippen MR) is 91.3 cm³/mol. The summed E-state index contributed by atoms with van der Waals surface area (Å²) < 4.78 is 21.1. The Morgan fingerprint density at radius 2 is 1.67 bits per heavy atom.